The van der Waals surface area contributed by atoms with E-state index in [-0.39, 0.29) is 11.5 Å². The summed E-state index contributed by atoms with van der Waals surface area (Å²) in [6.07, 6.45) is 3.41. The Morgan fingerprint density at radius 2 is 1.86 bits per heavy atom. The van der Waals surface area contributed by atoms with Crippen LogP contribution in [0.5, 0.6) is 5.75 Å². The van der Waals surface area contributed by atoms with Gasteiger partial charge in [0.15, 0.2) is 5.78 Å². The summed E-state index contributed by atoms with van der Waals surface area (Å²) in [5.74, 6) is 0.188. The van der Waals surface area contributed by atoms with Crippen molar-refractivity contribution in [3.63, 3.8) is 0 Å². The van der Waals surface area contributed by atoms with E-state index in [1.54, 1.807) is 6.08 Å². The van der Waals surface area contributed by atoms with Gasteiger partial charge in [0.1, 0.15) is 11.8 Å². The quantitative estimate of drug-likeness (QED) is 0.823. The van der Waals surface area contributed by atoms with Gasteiger partial charge in [0.25, 0.3) is 0 Å². The highest BCUT2D eigenvalue weighted by molar-refractivity contribution is 6.03. The molecule has 1 unspecified atom stereocenters. The Hall–Kier alpha value is -2.55. The van der Waals surface area contributed by atoms with Gasteiger partial charge in [-0.1, -0.05) is 36.4 Å². The number of ketones is 1. The van der Waals surface area contributed by atoms with Crippen LogP contribution in [-0.4, -0.2) is 10.9 Å². The van der Waals surface area contributed by atoms with Crippen molar-refractivity contribution in [2.45, 2.75) is 19.9 Å². The zero-order valence-electron chi connectivity index (χ0n) is 12.1. The number of rotatable bonds is 2. The van der Waals surface area contributed by atoms with Gasteiger partial charge in [-0.3, -0.25) is 4.79 Å². The molecule has 0 heterocycles. The molecule has 0 aliphatic heterocycles. The number of nitrogens with one attached hydrogen (secondary N) is 1. The first kappa shape index (κ1) is 13.4. The maximum absolute atomic E-state index is 12.2. The molecule has 0 saturated heterocycles. The maximum atomic E-state index is 12.2. The van der Waals surface area contributed by atoms with Crippen molar-refractivity contribution >= 4 is 17.5 Å². The first-order chi connectivity index (χ1) is 10.1. The molecule has 3 heteroatoms. The van der Waals surface area contributed by atoms with Crippen LogP contribution in [0.4, 0.5) is 5.69 Å². The van der Waals surface area contributed by atoms with Gasteiger partial charge >= 0.3 is 0 Å². The van der Waals surface area contributed by atoms with Crippen LogP contribution in [0.15, 0.2) is 42.5 Å². The molecule has 2 aromatic rings. The van der Waals surface area contributed by atoms with Crippen molar-refractivity contribution in [2.75, 3.05) is 5.32 Å². The molecule has 0 aromatic heterocycles. The molecule has 0 amide bonds. The molecule has 1 atom stereocenters. The van der Waals surface area contributed by atoms with E-state index < -0.39 is 6.04 Å². The second-order valence-corrected chi connectivity index (χ2v) is 5.42. The summed E-state index contributed by atoms with van der Waals surface area (Å²) in [5, 5.41) is 13.4. The number of phenols is 1. The molecule has 0 radical (unpaired) electrons. The molecule has 2 N–H and O–H groups in total. The summed E-state index contributed by atoms with van der Waals surface area (Å²) in [6.45, 7) is 3.82. The van der Waals surface area contributed by atoms with Crippen LogP contribution < -0.4 is 5.32 Å². The zero-order valence-corrected chi connectivity index (χ0v) is 12.1. The number of carbonyl (C=O) groups is 1. The number of phenolic OH excluding ortho intramolecular Hbond substituents is 1. The minimum Gasteiger partial charge on any atom is -0.506 e. The van der Waals surface area contributed by atoms with Crippen LogP contribution in [-0.2, 0) is 4.79 Å². The van der Waals surface area contributed by atoms with Gasteiger partial charge in [-0.25, -0.2) is 0 Å². The minimum atomic E-state index is -0.460. The third kappa shape index (κ3) is 2.42. The molecular formula is C18H17NO2. The van der Waals surface area contributed by atoms with E-state index in [0.29, 0.717) is 5.69 Å². The van der Waals surface area contributed by atoms with Crippen molar-refractivity contribution in [2.24, 2.45) is 0 Å². The molecule has 1 aliphatic carbocycles. The lowest BCUT2D eigenvalue weighted by atomic mass is 9.91. The second-order valence-electron chi connectivity index (χ2n) is 5.42. The number of carbonyl (C=O) groups excluding carboxylic acids is 1. The lowest BCUT2D eigenvalue weighted by Gasteiger charge is -2.23. The van der Waals surface area contributed by atoms with Crippen molar-refractivity contribution in [1.82, 2.24) is 0 Å². The Balaban J connectivity index is 2.02. The Bertz CT molecular complexity index is 747. The number of anilines is 1. The van der Waals surface area contributed by atoms with E-state index in [2.05, 4.69) is 5.32 Å². The summed E-state index contributed by atoms with van der Waals surface area (Å²) in [4.78, 5) is 12.2. The van der Waals surface area contributed by atoms with Crippen LogP contribution in [0.25, 0.3) is 6.08 Å². The maximum Gasteiger partial charge on any atom is 0.182 e. The number of fused-ring (bicyclic) bond motifs is 1. The number of benzene rings is 2. The monoisotopic (exact) mass is 279 g/mol. The molecule has 21 heavy (non-hydrogen) atoms. The molecule has 0 saturated carbocycles. The number of aryl methyl sites for hydroxylation is 2. The first-order valence-corrected chi connectivity index (χ1v) is 6.94. The van der Waals surface area contributed by atoms with Gasteiger partial charge in [-0.2, -0.15) is 0 Å². The third-order valence-corrected chi connectivity index (χ3v) is 3.76. The van der Waals surface area contributed by atoms with Gasteiger partial charge in [0.2, 0.25) is 0 Å². The van der Waals surface area contributed by atoms with Crippen LogP contribution in [0, 0.1) is 13.8 Å². The molecular weight excluding hydrogens is 262 g/mol. The predicted molar refractivity (Wildman–Crippen MR) is 84.4 cm³/mol. The molecule has 0 spiro atoms. The molecule has 3 rings (SSSR count). The first-order valence-electron chi connectivity index (χ1n) is 6.94. The highest BCUT2D eigenvalue weighted by atomic mass is 16.3. The van der Waals surface area contributed by atoms with Gasteiger partial charge in [0.05, 0.1) is 5.69 Å². The molecule has 1 aliphatic rings. The summed E-state index contributed by atoms with van der Waals surface area (Å²) < 4.78 is 0. The summed E-state index contributed by atoms with van der Waals surface area (Å²) in [6, 6.07) is 11.1. The lowest BCUT2D eigenvalue weighted by Crippen LogP contribution is -2.22. The van der Waals surface area contributed by atoms with Crippen molar-refractivity contribution in [3.8, 4) is 5.75 Å². The van der Waals surface area contributed by atoms with E-state index in [0.717, 1.165) is 22.3 Å². The Labute approximate surface area is 123 Å². The standard InChI is InChI=1S/C18H17NO2/c1-11-9-12(2)18(21)15(10-11)19-17-14-6-4-3-5-13(14)7-8-16(17)20/h3-10,17,19,21H,1-2H3. The Morgan fingerprint density at radius 3 is 2.67 bits per heavy atom. The van der Waals surface area contributed by atoms with Gasteiger partial charge in [0, 0.05) is 0 Å². The fourth-order valence-corrected chi connectivity index (χ4v) is 2.72. The average Bonchev–Trinajstić information content (AvgIpc) is 2.47. The second kappa shape index (κ2) is 5.09. The number of hydrogen-bond donors (Lipinski definition) is 2. The molecule has 2 aromatic carbocycles. The van der Waals surface area contributed by atoms with Crippen LogP contribution in [0.2, 0.25) is 0 Å². The van der Waals surface area contributed by atoms with E-state index in [1.165, 1.54) is 0 Å². The topological polar surface area (TPSA) is 49.3 Å². The van der Waals surface area contributed by atoms with Crippen LogP contribution in [0.1, 0.15) is 28.3 Å². The normalized spacial score (nSPS) is 16.7. The molecule has 0 bridgehead atoms. The lowest BCUT2D eigenvalue weighted by molar-refractivity contribution is -0.115. The molecule has 3 nitrogen and oxygen atoms in total. The number of hydrogen-bond acceptors (Lipinski definition) is 3. The SMILES string of the molecule is Cc1cc(C)c(O)c(NC2C(=O)C=Cc3ccccc32)c1. The Kier molecular flexibility index (Phi) is 3.26. The van der Waals surface area contributed by atoms with Crippen molar-refractivity contribution < 1.29 is 9.90 Å². The summed E-state index contributed by atoms with van der Waals surface area (Å²) in [7, 11) is 0. The third-order valence-electron chi connectivity index (χ3n) is 3.76. The fraction of sp³-hybridized carbons (Fsp3) is 0.167. The van der Waals surface area contributed by atoms with E-state index in [9.17, 15) is 9.90 Å². The smallest absolute Gasteiger partial charge is 0.182 e. The molecule has 0 fully saturated rings. The minimum absolute atomic E-state index is 0.00717. The van der Waals surface area contributed by atoms with Gasteiger partial charge < -0.3 is 10.4 Å². The predicted octanol–water partition coefficient (Wildman–Crippen LogP) is 3.76. The molecule has 106 valence electrons. The summed E-state index contributed by atoms with van der Waals surface area (Å²) >= 11 is 0. The van der Waals surface area contributed by atoms with E-state index >= 15 is 0 Å². The van der Waals surface area contributed by atoms with Crippen molar-refractivity contribution in [1.29, 1.82) is 0 Å². The number of aromatic hydroxyl groups is 1. The van der Waals surface area contributed by atoms with Crippen LogP contribution in [0.3, 0.4) is 0 Å². The zero-order chi connectivity index (χ0) is 15.0. The highest BCUT2D eigenvalue weighted by Crippen LogP contribution is 2.34. The summed E-state index contributed by atoms with van der Waals surface area (Å²) in [5.41, 5.74) is 4.39. The van der Waals surface area contributed by atoms with Crippen LogP contribution >= 0.6 is 0 Å². The van der Waals surface area contributed by atoms with Gasteiger partial charge in [-0.05, 0) is 48.2 Å². The van der Waals surface area contributed by atoms with E-state index in [4.69, 9.17) is 0 Å². The van der Waals surface area contributed by atoms with E-state index in [1.807, 2.05) is 56.3 Å². The largest absolute Gasteiger partial charge is 0.506 e. The Morgan fingerprint density at radius 1 is 1.10 bits per heavy atom. The average molecular weight is 279 g/mol. The fourth-order valence-electron chi connectivity index (χ4n) is 2.72. The van der Waals surface area contributed by atoms with Crippen molar-refractivity contribution in [3.05, 3.63) is 64.7 Å². The highest BCUT2D eigenvalue weighted by Gasteiger charge is 2.24. The van der Waals surface area contributed by atoms with Gasteiger partial charge in [-0.15, -0.1) is 0 Å².